The lowest BCUT2D eigenvalue weighted by Gasteiger charge is -2.29. The van der Waals surface area contributed by atoms with Crippen molar-refractivity contribution in [2.24, 2.45) is 0 Å². The molecule has 4 nitrogen and oxygen atoms in total. The van der Waals surface area contributed by atoms with Gasteiger partial charge in [0.25, 0.3) is 0 Å². The highest BCUT2D eigenvalue weighted by atomic mass is 16.5. The second-order valence-electron chi connectivity index (χ2n) is 5.17. The van der Waals surface area contributed by atoms with E-state index in [4.69, 9.17) is 10.5 Å². The van der Waals surface area contributed by atoms with Crippen LogP contribution < -0.4 is 10.5 Å². The number of ether oxygens (including phenoxy) is 1. The molecule has 19 heavy (non-hydrogen) atoms. The van der Waals surface area contributed by atoms with Gasteiger partial charge in [-0.15, -0.1) is 0 Å². The van der Waals surface area contributed by atoms with E-state index in [0.717, 1.165) is 42.6 Å². The van der Waals surface area contributed by atoms with E-state index < -0.39 is 0 Å². The first kappa shape index (κ1) is 12.2. The predicted octanol–water partition coefficient (Wildman–Crippen LogP) is 2.29. The third kappa shape index (κ3) is 2.49. The number of aromatic nitrogens is 1. The minimum Gasteiger partial charge on any atom is -0.490 e. The summed E-state index contributed by atoms with van der Waals surface area (Å²) < 4.78 is 6.15. The summed E-state index contributed by atoms with van der Waals surface area (Å²) in [5.74, 6) is 0.895. The molecule has 2 aromatic rings. The lowest BCUT2D eigenvalue weighted by Crippen LogP contribution is -2.35. The molecule has 0 spiro atoms. The fraction of sp³-hybridized carbons (Fsp3) is 0.400. The molecule has 0 bridgehead atoms. The summed E-state index contributed by atoms with van der Waals surface area (Å²) in [5, 5.41) is 1.00. The molecule has 1 aromatic carbocycles. The maximum absolute atomic E-state index is 6.15. The minimum atomic E-state index is 0.295. The number of pyridine rings is 1. The van der Waals surface area contributed by atoms with E-state index in [-0.39, 0.29) is 0 Å². The van der Waals surface area contributed by atoms with Crippen LogP contribution in [-0.2, 0) is 0 Å². The quantitative estimate of drug-likeness (QED) is 0.839. The van der Waals surface area contributed by atoms with Crippen LogP contribution in [0.1, 0.15) is 12.8 Å². The van der Waals surface area contributed by atoms with Crippen LogP contribution >= 0.6 is 0 Å². The standard InChI is InChI=1S/C15H19N3O/c1-18-9-6-11(7-10-18)19-14-5-8-17-15-12(14)3-2-4-13(15)16/h2-5,8,11H,6-7,9-10,16H2,1H3. The van der Waals surface area contributed by atoms with Gasteiger partial charge in [-0.25, -0.2) is 0 Å². The summed E-state index contributed by atoms with van der Waals surface area (Å²) in [5.41, 5.74) is 7.48. The number of nitrogens with two attached hydrogens (primary N) is 1. The maximum atomic E-state index is 6.15. The van der Waals surface area contributed by atoms with Gasteiger partial charge in [0.05, 0.1) is 11.2 Å². The topological polar surface area (TPSA) is 51.4 Å². The summed E-state index contributed by atoms with van der Waals surface area (Å²) in [6.45, 7) is 2.19. The van der Waals surface area contributed by atoms with Crippen molar-refractivity contribution in [1.82, 2.24) is 9.88 Å². The molecule has 2 N–H and O–H groups in total. The Labute approximate surface area is 113 Å². The molecule has 0 atom stereocenters. The molecule has 1 aliphatic heterocycles. The van der Waals surface area contributed by atoms with Gasteiger partial charge >= 0.3 is 0 Å². The van der Waals surface area contributed by atoms with Gasteiger partial charge in [0.2, 0.25) is 0 Å². The van der Waals surface area contributed by atoms with E-state index in [1.165, 1.54) is 0 Å². The Balaban J connectivity index is 1.87. The number of hydrogen-bond donors (Lipinski definition) is 1. The molecule has 1 aliphatic rings. The molecule has 1 saturated heterocycles. The van der Waals surface area contributed by atoms with Crippen LogP contribution in [0.25, 0.3) is 10.9 Å². The highest BCUT2D eigenvalue weighted by Gasteiger charge is 2.19. The number of nitrogen functional groups attached to an aromatic ring is 1. The molecule has 0 saturated carbocycles. The molecule has 2 heterocycles. The van der Waals surface area contributed by atoms with Crippen molar-refractivity contribution in [1.29, 1.82) is 0 Å². The van der Waals surface area contributed by atoms with Crippen LogP contribution in [0.3, 0.4) is 0 Å². The predicted molar refractivity (Wildman–Crippen MR) is 77.3 cm³/mol. The summed E-state index contributed by atoms with van der Waals surface area (Å²) in [6.07, 6.45) is 4.21. The molecule has 0 aliphatic carbocycles. The number of likely N-dealkylation sites (tertiary alicyclic amines) is 1. The molecule has 0 radical (unpaired) electrons. The molecule has 1 aromatic heterocycles. The second-order valence-corrected chi connectivity index (χ2v) is 5.17. The van der Waals surface area contributed by atoms with Gasteiger partial charge in [-0.05, 0) is 38.1 Å². The Hall–Kier alpha value is -1.81. The minimum absolute atomic E-state index is 0.295. The zero-order chi connectivity index (χ0) is 13.2. The Morgan fingerprint density at radius 2 is 2.05 bits per heavy atom. The third-order valence-corrected chi connectivity index (χ3v) is 3.72. The molecule has 100 valence electrons. The smallest absolute Gasteiger partial charge is 0.130 e. The molecule has 4 heteroatoms. The highest BCUT2D eigenvalue weighted by molar-refractivity contribution is 5.93. The van der Waals surface area contributed by atoms with Crippen molar-refractivity contribution < 1.29 is 4.74 Å². The Kier molecular flexibility index (Phi) is 3.25. The first-order chi connectivity index (χ1) is 9.24. The van der Waals surface area contributed by atoms with E-state index in [2.05, 4.69) is 16.9 Å². The Morgan fingerprint density at radius 3 is 2.84 bits per heavy atom. The van der Waals surface area contributed by atoms with E-state index in [0.29, 0.717) is 11.8 Å². The normalized spacial score (nSPS) is 17.7. The van der Waals surface area contributed by atoms with Crippen molar-refractivity contribution in [3.05, 3.63) is 30.5 Å². The molecule has 3 rings (SSSR count). The van der Waals surface area contributed by atoms with Crippen molar-refractivity contribution in [3.63, 3.8) is 0 Å². The van der Waals surface area contributed by atoms with Gasteiger partial charge < -0.3 is 15.4 Å². The number of fused-ring (bicyclic) bond motifs is 1. The largest absolute Gasteiger partial charge is 0.490 e. The zero-order valence-electron chi connectivity index (χ0n) is 11.2. The van der Waals surface area contributed by atoms with Gasteiger partial charge in [0.15, 0.2) is 0 Å². The van der Waals surface area contributed by atoms with Gasteiger partial charge in [0, 0.05) is 24.7 Å². The lowest BCUT2D eigenvalue weighted by atomic mass is 10.1. The SMILES string of the molecule is CN1CCC(Oc2ccnc3c(N)cccc23)CC1. The average Bonchev–Trinajstić information content (AvgIpc) is 2.43. The van der Waals surface area contributed by atoms with Crippen LogP contribution in [0.5, 0.6) is 5.75 Å². The van der Waals surface area contributed by atoms with Gasteiger partial charge in [-0.2, -0.15) is 0 Å². The highest BCUT2D eigenvalue weighted by Crippen LogP contribution is 2.29. The molecule has 1 fully saturated rings. The molecule has 0 amide bonds. The van der Waals surface area contributed by atoms with Crippen molar-refractivity contribution in [3.8, 4) is 5.75 Å². The maximum Gasteiger partial charge on any atom is 0.130 e. The Bertz CT molecular complexity index is 577. The third-order valence-electron chi connectivity index (χ3n) is 3.72. The number of rotatable bonds is 2. The second kappa shape index (κ2) is 5.05. The molecular weight excluding hydrogens is 238 g/mol. The Morgan fingerprint density at radius 1 is 1.26 bits per heavy atom. The van der Waals surface area contributed by atoms with Crippen molar-refractivity contribution >= 4 is 16.6 Å². The van der Waals surface area contributed by atoms with E-state index in [9.17, 15) is 0 Å². The van der Waals surface area contributed by atoms with Gasteiger partial charge in [0.1, 0.15) is 11.9 Å². The summed E-state index contributed by atoms with van der Waals surface area (Å²) >= 11 is 0. The van der Waals surface area contributed by atoms with Crippen LogP contribution in [-0.4, -0.2) is 36.1 Å². The number of piperidine rings is 1. The number of anilines is 1. The average molecular weight is 257 g/mol. The van der Waals surface area contributed by atoms with E-state index in [1.807, 2.05) is 24.3 Å². The fourth-order valence-corrected chi connectivity index (χ4v) is 2.56. The summed E-state index contributed by atoms with van der Waals surface area (Å²) in [7, 11) is 2.15. The van der Waals surface area contributed by atoms with Crippen molar-refractivity contribution in [2.75, 3.05) is 25.9 Å². The lowest BCUT2D eigenvalue weighted by molar-refractivity contribution is 0.115. The number of para-hydroxylation sites is 1. The van der Waals surface area contributed by atoms with Gasteiger partial charge in [-0.1, -0.05) is 6.07 Å². The van der Waals surface area contributed by atoms with E-state index in [1.54, 1.807) is 6.20 Å². The number of nitrogens with zero attached hydrogens (tertiary/aromatic N) is 2. The van der Waals surface area contributed by atoms with Crippen LogP contribution in [0, 0.1) is 0 Å². The molecule has 0 unspecified atom stereocenters. The summed E-state index contributed by atoms with van der Waals surface area (Å²) in [6, 6.07) is 7.76. The van der Waals surface area contributed by atoms with Crippen LogP contribution in [0.2, 0.25) is 0 Å². The van der Waals surface area contributed by atoms with Crippen molar-refractivity contribution in [2.45, 2.75) is 18.9 Å². The van der Waals surface area contributed by atoms with E-state index >= 15 is 0 Å². The molecular formula is C15H19N3O. The van der Waals surface area contributed by atoms with Crippen LogP contribution in [0.4, 0.5) is 5.69 Å². The zero-order valence-corrected chi connectivity index (χ0v) is 11.2. The number of benzene rings is 1. The monoisotopic (exact) mass is 257 g/mol. The summed E-state index contributed by atoms with van der Waals surface area (Å²) in [4.78, 5) is 6.67. The van der Waals surface area contributed by atoms with Crippen LogP contribution in [0.15, 0.2) is 30.5 Å². The fourth-order valence-electron chi connectivity index (χ4n) is 2.56. The number of hydrogen-bond acceptors (Lipinski definition) is 4. The first-order valence-corrected chi connectivity index (χ1v) is 6.72. The first-order valence-electron chi connectivity index (χ1n) is 6.72. The van der Waals surface area contributed by atoms with Gasteiger partial charge in [-0.3, -0.25) is 4.98 Å².